The second-order valence-corrected chi connectivity index (χ2v) is 6.21. The van der Waals surface area contributed by atoms with Crippen molar-refractivity contribution in [2.75, 3.05) is 0 Å². The first-order valence-corrected chi connectivity index (χ1v) is 6.76. The van der Waals surface area contributed by atoms with Gasteiger partial charge in [-0.2, -0.15) is 0 Å². The van der Waals surface area contributed by atoms with Crippen LogP contribution in [0, 0.1) is 12.3 Å². The summed E-state index contributed by atoms with van der Waals surface area (Å²) in [6.45, 7) is 8.26. The average molecular weight is 288 g/mol. The fraction of sp³-hybridized carbons (Fsp3) is 0.400. The van der Waals surface area contributed by atoms with Crippen LogP contribution in [0.5, 0.6) is 0 Å². The quantitative estimate of drug-likeness (QED) is 0.515. The van der Waals surface area contributed by atoms with Crippen LogP contribution < -0.4 is 5.48 Å². The van der Waals surface area contributed by atoms with Crippen molar-refractivity contribution in [3.8, 4) is 0 Å². The number of hydrogen-bond donors (Lipinski definition) is 2. The fourth-order valence-corrected chi connectivity index (χ4v) is 1.96. The monoisotopic (exact) mass is 288 g/mol. The van der Waals surface area contributed by atoms with Gasteiger partial charge in [0.25, 0.3) is 0 Å². The third-order valence-electron chi connectivity index (χ3n) is 2.83. The van der Waals surface area contributed by atoms with E-state index in [9.17, 15) is 5.21 Å². The molecule has 0 radical (unpaired) electrons. The maximum Gasteiger partial charge on any atom is 0.181 e. The molecule has 1 heterocycles. The van der Waals surface area contributed by atoms with E-state index in [2.05, 4.69) is 41.6 Å². The molecular weight excluding hydrogens is 268 g/mol. The number of aliphatic imine (C=N–C) groups is 1. The van der Waals surface area contributed by atoms with Crippen LogP contribution in [0.15, 0.2) is 33.9 Å². The second-order valence-electron chi connectivity index (χ2n) is 6.21. The molecule has 112 valence electrons. The van der Waals surface area contributed by atoms with Crippen molar-refractivity contribution < 1.29 is 9.84 Å². The van der Waals surface area contributed by atoms with E-state index in [1.165, 1.54) is 0 Å². The first-order chi connectivity index (χ1) is 9.89. The van der Waals surface area contributed by atoms with Gasteiger partial charge in [0.2, 0.25) is 0 Å². The van der Waals surface area contributed by atoms with Gasteiger partial charge in [-0.3, -0.25) is 10.7 Å². The van der Waals surface area contributed by atoms with Crippen LogP contribution in [0.1, 0.15) is 37.7 Å². The summed E-state index contributed by atoms with van der Waals surface area (Å²) in [7, 11) is 0. The van der Waals surface area contributed by atoms with Gasteiger partial charge >= 0.3 is 0 Å². The molecule has 0 fully saturated rings. The Bertz CT molecular complexity index is 641. The zero-order chi connectivity index (χ0) is 15.5. The molecule has 0 saturated carbocycles. The SMILES string of the molecule is Cc1cccc(N=C(NO)c2nonc2CC(C)(C)C)c1. The van der Waals surface area contributed by atoms with Crippen LogP contribution in [-0.2, 0) is 6.42 Å². The van der Waals surface area contributed by atoms with Gasteiger partial charge in [0, 0.05) is 6.42 Å². The van der Waals surface area contributed by atoms with E-state index in [0.29, 0.717) is 17.8 Å². The maximum atomic E-state index is 9.36. The zero-order valence-electron chi connectivity index (χ0n) is 12.7. The minimum atomic E-state index is 0.0250. The third-order valence-corrected chi connectivity index (χ3v) is 2.83. The van der Waals surface area contributed by atoms with Crippen molar-refractivity contribution in [3.05, 3.63) is 41.2 Å². The molecule has 0 amide bonds. The van der Waals surface area contributed by atoms with E-state index in [-0.39, 0.29) is 11.3 Å². The van der Waals surface area contributed by atoms with Gasteiger partial charge in [0.05, 0.1) is 5.69 Å². The molecule has 6 nitrogen and oxygen atoms in total. The summed E-state index contributed by atoms with van der Waals surface area (Å²) < 4.78 is 4.80. The molecule has 0 spiro atoms. The molecule has 0 aliphatic carbocycles. The topological polar surface area (TPSA) is 83.5 Å². The van der Waals surface area contributed by atoms with Gasteiger partial charge in [-0.05, 0) is 35.2 Å². The Kier molecular flexibility index (Phi) is 4.37. The minimum absolute atomic E-state index is 0.0250. The molecular formula is C15H20N4O2. The highest BCUT2D eigenvalue weighted by atomic mass is 16.6. The average Bonchev–Trinajstić information content (AvgIpc) is 2.82. The van der Waals surface area contributed by atoms with Gasteiger partial charge < -0.3 is 0 Å². The maximum absolute atomic E-state index is 9.36. The van der Waals surface area contributed by atoms with Gasteiger partial charge in [-0.15, -0.1) is 0 Å². The van der Waals surface area contributed by atoms with E-state index in [1.54, 1.807) is 0 Å². The third kappa shape index (κ3) is 4.13. The summed E-state index contributed by atoms with van der Waals surface area (Å²) in [5.41, 5.74) is 5.00. The van der Waals surface area contributed by atoms with Crippen LogP contribution in [0.25, 0.3) is 0 Å². The number of benzene rings is 1. The Morgan fingerprint density at radius 1 is 1.33 bits per heavy atom. The summed E-state index contributed by atoms with van der Waals surface area (Å²) in [6.07, 6.45) is 0.667. The normalized spacial score (nSPS) is 12.5. The molecule has 2 aromatic rings. The molecule has 0 atom stereocenters. The Hall–Kier alpha value is -2.21. The molecule has 21 heavy (non-hydrogen) atoms. The van der Waals surface area contributed by atoms with E-state index < -0.39 is 0 Å². The Morgan fingerprint density at radius 2 is 2.10 bits per heavy atom. The fourth-order valence-electron chi connectivity index (χ4n) is 1.96. The predicted octanol–water partition coefficient (Wildman–Crippen LogP) is 3.02. The number of nitrogens with one attached hydrogen (secondary N) is 1. The summed E-state index contributed by atoms with van der Waals surface area (Å²) in [5.74, 6) is 0.223. The lowest BCUT2D eigenvalue weighted by Crippen LogP contribution is -2.23. The second kappa shape index (κ2) is 6.05. The zero-order valence-corrected chi connectivity index (χ0v) is 12.7. The molecule has 2 N–H and O–H groups in total. The smallest absolute Gasteiger partial charge is 0.181 e. The van der Waals surface area contributed by atoms with Crippen LogP contribution >= 0.6 is 0 Å². The summed E-state index contributed by atoms with van der Waals surface area (Å²) in [4.78, 5) is 4.36. The highest BCUT2D eigenvalue weighted by Gasteiger charge is 2.21. The number of nitrogens with zero attached hydrogens (tertiary/aromatic N) is 3. The van der Waals surface area contributed by atoms with Crippen molar-refractivity contribution in [2.45, 2.75) is 34.1 Å². The van der Waals surface area contributed by atoms with Crippen molar-refractivity contribution in [2.24, 2.45) is 10.4 Å². The lowest BCUT2D eigenvalue weighted by molar-refractivity contribution is 0.234. The Balaban J connectivity index is 2.36. The Labute approximate surface area is 123 Å². The molecule has 1 aromatic heterocycles. The van der Waals surface area contributed by atoms with Crippen molar-refractivity contribution in [3.63, 3.8) is 0 Å². The van der Waals surface area contributed by atoms with E-state index in [4.69, 9.17) is 4.63 Å². The lowest BCUT2D eigenvalue weighted by Gasteiger charge is -2.16. The van der Waals surface area contributed by atoms with Crippen LogP contribution in [-0.4, -0.2) is 21.4 Å². The van der Waals surface area contributed by atoms with E-state index >= 15 is 0 Å². The minimum Gasteiger partial charge on any atom is -0.290 e. The molecule has 0 aliphatic heterocycles. The summed E-state index contributed by atoms with van der Waals surface area (Å²) >= 11 is 0. The lowest BCUT2D eigenvalue weighted by atomic mass is 9.90. The Morgan fingerprint density at radius 3 is 2.71 bits per heavy atom. The van der Waals surface area contributed by atoms with Crippen LogP contribution in [0.3, 0.4) is 0 Å². The number of hydroxylamine groups is 1. The van der Waals surface area contributed by atoms with Crippen molar-refractivity contribution >= 4 is 11.5 Å². The number of hydrogen-bond acceptors (Lipinski definition) is 5. The van der Waals surface area contributed by atoms with Crippen LogP contribution in [0.4, 0.5) is 5.69 Å². The number of rotatable bonds is 3. The first kappa shape index (κ1) is 15.2. The van der Waals surface area contributed by atoms with E-state index in [0.717, 1.165) is 11.3 Å². The van der Waals surface area contributed by atoms with Gasteiger partial charge in [-0.25, -0.2) is 9.62 Å². The van der Waals surface area contributed by atoms with Gasteiger partial charge in [0.15, 0.2) is 11.5 Å². The number of aromatic nitrogens is 2. The standard InChI is InChI=1S/C15H20N4O2/c1-10-6-5-7-11(8-10)16-14(17-20)13-12(18-21-19-13)9-15(2,3)4/h5-8,20H,9H2,1-4H3,(H,16,17). The first-order valence-electron chi connectivity index (χ1n) is 6.76. The van der Waals surface area contributed by atoms with E-state index in [1.807, 2.05) is 31.2 Å². The van der Waals surface area contributed by atoms with Gasteiger partial charge in [0.1, 0.15) is 5.69 Å². The molecule has 0 bridgehead atoms. The van der Waals surface area contributed by atoms with Crippen molar-refractivity contribution in [1.82, 2.24) is 15.8 Å². The predicted molar refractivity (Wildman–Crippen MR) is 79.8 cm³/mol. The molecule has 0 saturated heterocycles. The molecule has 0 aliphatic rings. The highest BCUT2D eigenvalue weighted by Crippen LogP contribution is 2.22. The largest absolute Gasteiger partial charge is 0.290 e. The number of amidine groups is 1. The van der Waals surface area contributed by atoms with Gasteiger partial charge in [-0.1, -0.05) is 38.1 Å². The van der Waals surface area contributed by atoms with Crippen molar-refractivity contribution in [1.29, 1.82) is 0 Å². The molecule has 2 rings (SSSR count). The summed E-state index contributed by atoms with van der Waals surface area (Å²) in [5, 5.41) is 17.1. The highest BCUT2D eigenvalue weighted by molar-refractivity contribution is 5.98. The molecule has 6 heteroatoms. The van der Waals surface area contributed by atoms with Crippen LogP contribution in [0.2, 0.25) is 0 Å². The molecule has 0 unspecified atom stereocenters. The molecule has 1 aromatic carbocycles. The number of aryl methyl sites for hydroxylation is 1. The summed E-state index contributed by atoms with van der Waals surface area (Å²) in [6, 6.07) is 7.64.